The van der Waals surface area contributed by atoms with Crippen molar-refractivity contribution in [1.82, 2.24) is 25.0 Å². The van der Waals surface area contributed by atoms with Crippen LogP contribution in [0.1, 0.15) is 61.7 Å². The minimum Gasteiger partial charge on any atom is -0.333 e. The number of fused-ring (bicyclic) bond motifs is 1. The number of benzene rings is 1. The van der Waals surface area contributed by atoms with Crippen LogP contribution in [0.15, 0.2) is 24.3 Å². The standard InChI is InChI=1S/C22H28FN5O/c23-18-7-5-17(6-8-18)22(9-1-2-10-22)21(29)27-12-13-28-19(15-27)25-26-20(28)16-4-3-11-24-14-16/h5-8,16,24H,1-4,9-15H2/t16-/m0/s1. The Hall–Kier alpha value is -2.28. The van der Waals surface area contributed by atoms with E-state index in [1.54, 1.807) is 12.1 Å². The number of amides is 1. The molecule has 1 N–H and O–H groups in total. The van der Waals surface area contributed by atoms with Gasteiger partial charge in [0.15, 0.2) is 5.82 Å². The van der Waals surface area contributed by atoms with Gasteiger partial charge in [-0.1, -0.05) is 25.0 Å². The molecule has 2 aromatic rings. The number of hydrogen-bond donors (Lipinski definition) is 1. The molecule has 3 heterocycles. The van der Waals surface area contributed by atoms with Crippen LogP contribution >= 0.6 is 0 Å². The van der Waals surface area contributed by atoms with Crippen LogP contribution < -0.4 is 5.32 Å². The van der Waals surface area contributed by atoms with E-state index in [1.165, 1.54) is 12.1 Å². The average Bonchev–Trinajstić information content (AvgIpc) is 3.42. The molecule has 2 fully saturated rings. The molecule has 3 aliphatic rings. The Morgan fingerprint density at radius 2 is 1.90 bits per heavy atom. The fourth-order valence-corrected chi connectivity index (χ4v) is 5.40. The van der Waals surface area contributed by atoms with Gasteiger partial charge in [0.1, 0.15) is 11.6 Å². The van der Waals surface area contributed by atoms with Gasteiger partial charge in [-0.3, -0.25) is 4.79 Å². The number of nitrogens with one attached hydrogen (secondary N) is 1. The third-order valence-corrected chi connectivity index (χ3v) is 6.99. The first-order valence-electron chi connectivity index (χ1n) is 10.9. The highest BCUT2D eigenvalue weighted by Gasteiger charge is 2.45. The first-order valence-corrected chi connectivity index (χ1v) is 10.9. The molecule has 6 nitrogen and oxygen atoms in total. The highest BCUT2D eigenvalue weighted by atomic mass is 19.1. The van der Waals surface area contributed by atoms with Crippen molar-refractivity contribution in [3.63, 3.8) is 0 Å². The molecule has 29 heavy (non-hydrogen) atoms. The molecule has 1 amide bonds. The lowest BCUT2D eigenvalue weighted by Gasteiger charge is -2.37. The lowest BCUT2D eigenvalue weighted by atomic mass is 9.77. The summed E-state index contributed by atoms with van der Waals surface area (Å²) in [6, 6.07) is 6.53. The second-order valence-electron chi connectivity index (χ2n) is 8.69. The van der Waals surface area contributed by atoms with E-state index in [0.717, 1.165) is 75.4 Å². The summed E-state index contributed by atoms with van der Waals surface area (Å²) >= 11 is 0. The maximum Gasteiger partial charge on any atom is 0.233 e. The quantitative estimate of drug-likeness (QED) is 0.865. The summed E-state index contributed by atoms with van der Waals surface area (Å²) in [4.78, 5) is 15.6. The zero-order valence-corrected chi connectivity index (χ0v) is 16.7. The van der Waals surface area contributed by atoms with Crippen LogP contribution in [0, 0.1) is 5.82 Å². The highest BCUT2D eigenvalue weighted by Crippen LogP contribution is 2.43. The van der Waals surface area contributed by atoms with E-state index in [-0.39, 0.29) is 11.7 Å². The first-order chi connectivity index (χ1) is 14.2. The van der Waals surface area contributed by atoms with Gasteiger partial charge in [0.05, 0.1) is 12.0 Å². The number of nitrogens with zero attached hydrogens (tertiary/aromatic N) is 4. The molecular weight excluding hydrogens is 369 g/mol. The predicted octanol–water partition coefficient (Wildman–Crippen LogP) is 2.74. The largest absolute Gasteiger partial charge is 0.333 e. The normalized spacial score (nSPS) is 23.8. The molecule has 1 aromatic heterocycles. The van der Waals surface area contributed by atoms with E-state index in [2.05, 4.69) is 20.1 Å². The smallest absolute Gasteiger partial charge is 0.233 e. The van der Waals surface area contributed by atoms with Crippen LogP contribution in [0.3, 0.4) is 0 Å². The number of hydrogen-bond acceptors (Lipinski definition) is 4. The van der Waals surface area contributed by atoms with Gasteiger partial charge in [-0.2, -0.15) is 0 Å². The van der Waals surface area contributed by atoms with Crippen molar-refractivity contribution >= 4 is 5.91 Å². The molecule has 7 heteroatoms. The number of aromatic nitrogens is 3. The van der Waals surface area contributed by atoms with E-state index in [9.17, 15) is 9.18 Å². The van der Waals surface area contributed by atoms with Gasteiger partial charge in [0.25, 0.3) is 0 Å². The van der Waals surface area contributed by atoms with E-state index >= 15 is 0 Å². The second kappa shape index (κ2) is 7.52. The van der Waals surface area contributed by atoms with Gasteiger partial charge in [-0.15, -0.1) is 10.2 Å². The highest BCUT2D eigenvalue weighted by molar-refractivity contribution is 5.88. The molecule has 5 rings (SSSR count). The lowest BCUT2D eigenvalue weighted by molar-refractivity contribution is -0.139. The second-order valence-corrected chi connectivity index (χ2v) is 8.69. The number of carbonyl (C=O) groups excluding carboxylic acids is 1. The van der Waals surface area contributed by atoms with Gasteiger partial charge in [-0.25, -0.2) is 4.39 Å². The topological polar surface area (TPSA) is 63.1 Å². The van der Waals surface area contributed by atoms with E-state index in [0.29, 0.717) is 19.0 Å². The van der Waals surface area contributed by atoms with Gasteiger partial charge in [0.2, 0.25) is 5.91 Å². The maximum atomic E-state index is 13.7. The van der Waals surface area contributed by atoms with Gasteiger partial charge < -0.3 is 14.8 Å². The summed E-state index contributed by atoms with van der Waals surface area (Å²) in [5, 5.41) is 12.4. The molecule has 1 aliphatic carbocycles. The van der Waals surface area contributed by atoms with Crippen LogP contribution in [0.4, 0.5) is 4.39 Å². The summed E-state index contributed by atoms with van der Waals surface area (Å²) in [5.74, 6) is 2.26. The fourth-order valence-electron chi connectivity index (χ4n) is 5.40. The molecule has 1 saturated carbocycles. The number of rotatable bonds is 3. The molecular formula is C22H28FN5O. The molecule has 0 bridgehead atoms. The van der Waals surface area contributed by atoms with Crippen molar-refractivity contribution in [1.29, 1.82) is 0 Å². The molecule has 2 aliphatic heterocycles. The SMILES string of the molecule is O=C(N1CCn2c(nnc2[C@H]2CCCNC2)C1)C1(c2ccc(F)cc2)CCCC1. The van der Waals surface area contributed by atoms with E-state index < -0.39 is 5.41 Å². The summed E-state index contributed by atoms with van der Waals surface area (Å²) in [6.45, 7) is 3.97. The van der Waals surface area contributed by atoms with Crippen molar-refractivity contribution in [3.05, 3.63) is 47.3 Å². The third kappa shape index (κ3) is 3.25. The Morgan fingerprint density at radius 1 is 1.10 bits per heavy atom. The van der Waals surface area contributed by atoms with Crippen molar-refractivity contribution < 1.29 is 9.18 Å². The number of piperidine rings is 1. The first kappa shape index (κ1) is 18.7. The van der Waals surface area contributed by atoms with Crippen LogP contribution in [-0.2, 0) is 23.3 Å². The summed E-state index contributed by atoms with van der Waals surface area (Å²) in [6.07, 6.45) is 6.04. The minimum atomic E-state index is -0.522. The van der Waals surface area contributed by atoms with Crippen molar-refractivity contribution in [2.24, 2.45) is 0 Å². The molecule has 0 unspecified atom stereocenters. The Morgan fingerprint density at radius 3 is 2.62 bits per heavy atom. The lowest BCUT2D eigenvalue weighted by Crippen LogP contribution is -2.48. The molecule has 0 radical (unpaired) electrons. The molecule has 1 aromatic carbocycles. The van der Waals surface area contributed by atoms with E-state index in [1.807, 2.05) is 4.90 Å². The van der Waals surface area contributed by atoms with Crippen LogP contribution in [0.2, 0.25) is 0 Å². The van der Waals surface area contributed by atoms with Gasteiger partial charge >= 0.3 is 0 Å². The van der Waals surface area contributed by atoms with E-state index in [4.69, 9.17) is 0 Å². The monoisotopic (exact) mass is 397 g/mol. The van der Waals surface area contributed by atoms with Gasteiger partial charge in [-0.05, 0) is 49.9 Å². The van der Waals surface area contributed by atoms with Crippen LogP contribution in [-0.4, -0.2) is 45.2 Å². The summed E-state index contributed by atoms with van der Waals surface area (Å²) in [5.41, 5.74) is 0.425. The third-order valence-electron chi connectivity index (χ3n) is 6.99. The van der Waals surface area contributed by atoms with Crippen LogP contribution in [0.5, 0.6) is 0 Å². The van der Waals surface area contributed by atoms with Crippen molar-refractivity contribution in [3.8, 4) is 0 Å². The zero-order valence-electron chi connectivity index (χ0n) is 16.7. The fraction of sp³-hybridized carbons (Fsp3) is 0.591. The number of halogens is 1. The summed E-state index contributed by atoms with van der Waals surface area (Å²) < 4.78 is 15.7. The molecule has 154 valence electrons. The van der Waals surface area contributed by atoms with Gasteiger partial charge in [0, 0.05) is 25.6 Å². The Kier molecular flexibility index (Phi) is 4.86. The maximum absolute atomic E-state index is 13.7. The number of carbonyl (C=O) groups is 1. The Labute approximate surface area is 170 Å². The Balaban J connectivity index is 1.38. The molecule has 0 spiro atoms. The molecule has 1 atom stereocenters. The summed E-state index contributed by atoms with van der Waals surface area (Å²) in [7, 11) is 0. The minimum absolute atomic E-state index is 0.164. The molecule has 1 saturated heterocycles. The Bertz CT molecular complexity index is 881. The average molecular weight is 397 g/mol. The van der Waals surface area contributed by atoms with Crippen molar-refractivity contribution in [2.75, 3.05) is 19.6 Å². The zero-order chi connectivity index (χ0) is 19.8. The van der Waals surface area contributed by atoms with Crippen LogP contribution in [0.25, 0.3) is 0 Å². The predicted molar refractivity (Wildman–Crippen MR) is 107 cm³/mol. The van der Waals surface area contributed by atoms with Crippen molar-refractivity contribution in [2.45, 2.75) is 62.9 Å².